The summed E-state index contributed by atoms with van der Waals surface area (Å²) >= 11 is 18.2. The minimum absolute atomic E-state index is 0.462. The standard InChI is InChI=1S/C25H27Cl3N4/c26-20-4-1-18(2-5-20)17-30-11-13-31(14-12-30)21-6-7-22(16-21)32-10-9-25(29-32)19-3-8-23(27)24(28)15-19/h1-5,8-10,15,21-22H,6-7,11-14,16-17H2. The molecule has 0 bridgehead atoms. The summed E-state index contributed by atoms with van der Waals surface area (Å²) in [5.74, 6) is 0. The number of nitrogens with zero attached hydrogens (tertiary/aromatic N) is 4. The van der Waals surface area contributed by atoms with E-state index < -0.39 is 0 Å². The van der Waals surface area contributed by atoms with Crippen LogP contribution in [0.3, 0.4) is 0 Å². The summed E-state index contributed by atoms with van der Waals surface area (Å²) in [4.78, 5) is 5.23. The molecule has 0 radical (unpaired) electrons. The molecule has 2 unspecified atom stereocenters. The van der Waals surface area contributed by atoms with E-state index >= 15 is 0 Å². The van der Waals surface area contributed by atoms with Gasteiger partial charge in [0.2, 0.25) is 0 Å². The van der Waals surface area contributed by atoms with Gasteiger partial charge in [-0.25, -0.2) is 0 Å². The Labute approximate surface area is 204 Å². The maximum atomic E-state index is 6.18. The predicted octanol–water partition coefficient (Wildman–Crippen LogP) is 6.42. The molecular formula is C25H27Cl3N4. The Morgan fingerprint density at radius 2 is 1.56 bits per heavy atom. The fourth-order valence-electron chi connectivity index (χ4n) is 4.99. The van der Waals surface area contributed by atoms with Crippen LogP contribution in [0, 0.1) is 0 Å². The molecule has 4 nitrogen and oxygen atoms in total. The highest BCUT2D eigenvalue weighted by Gasteiger charge is 2.32. The maximum Gasteiger partial charge on any atom is 0.0923 e. The van der Waals surface area contributed by atoms with E-state index in [1.807, 2.05) is 30.3 Å². The van der Waals surface area contributed by atoms with Crippen molar-refractivity contribution in [2.75, 3.05) is 26.2 Å². The second-order valence-corrected chi connectivity index (χ2v) is 10.1. The molecule has 0 spiro atoms. The average Bonchev–Trinajstić information content (AvgIpc) is 3.48. The number of aromatic nitrogens is 2. The highest BCUT2D eigenvalue weighted by molar-refractivity contribution is 6.42. The molecule has 0 amide bonds. The van der Waals surface area contributed by atoms with Crippen LogP contribution in [0.5, 0.6) is 0 Å². The first kappa shape index (κ1) is 22.2. The second-order valence-electron chi connectivity index (χ2n) is 8.87. The molecule has 1 saturated carbocycles. The summed E-state index contributed by atoms with van der Waals surface area (Å²) in [6.07, 6.45) is 5.69. The minimum Gasteiger partial charge on any atom is -0.298 e. The number of halogens is 3. The van der Waals surface area contributed by atoms with E-state index in [1.165, 1.54) is 24.8 Å². The summed E-state index contributed by atoms with van der Waals surface area (Å²) in [5.41, 5.74) is 3.28. The Bertz CT molecular complexity index is 1060. The summed E-state index contributed by atoms with van der Waals surface area (Å²) in [6.45, 7) is 5.51. The molecule has 1 saturated heterocycles. The van der Waals surface area contributed by atoms with Crippen molar-refractivity contribution >= 4 is 34.8 Å². The fourth-order valence-corrected chi connectivity index (χ4v) is 5.42. The molecule has 1 aliphatic heterocycles. The van der Waals surface area contributed by atoms with E-state index in [0.717, 1.165) is 49.0 Å². The Morgan fingerprint density at radius 1 is 0.812 bits per heavy atom. The monoisotopic (exact) mass is 488 g/mol. The van der Waals surface area contributed by atoms with Gasteiger partial charge in [0, 0.05) is 55.5 Å². The van der Waals surface area contributed by atoms with Crippen molar-refractivity contribution in [3.05, 3.63) is 75.4 Å². The molecule has 2 aliphatic rings. The minimum atomic E-state index is 0.462. The Balaban J connectivity index is 1.15. The number of hydrogen-bond donors (Lipinski definition) is 0. The van der Waals surface area contributed by atoms with Crippen LogP contribution in [-0.4, -0.2) is 51.8 Å². The van der Waals surface area contributed by atoms with E-state index in [4.69, 9.17) is 39.9 Å². The highest BCUT2D eigenvalue weighted by atomic mass is 35.5. The quantitative estimate of drug-likeness (QED) is 0.413. The van der Waals surface area contributed by atoms with Gasteiger partial charge in [0.15, 0.2) is 0 Å². The van der Waals surface area contributed by atoms with Crippen LogP contribution in [0.15, 0.2) is 54.7 Å². The SMILES string of the molecule is Clc1ccc(CN2CCN(C3CCC(n4ccc(-c5ccc(Cl)c(Cl)c5)n4)C3)CC2)cc1. The summed E-state index contributed by atoms with van der Waals surface area (Å²) < 4.78 is 2.15. The third kappa shape index (κ3) is 5.00. The third-order valence-electron chi connectivity index (χ3n) is 6.82. The van der Waals surface area contributed by atoms with Crippen LogP contribution in [-0.2, 0) is 6.54 Å². The Morgan fingerprint density at radius 3 is 2.31 bits per heavy atom. The largest absolute Gasteiger partial charge is 0.298 e. The van der Waals surface area contributed by atoms with Gasteiger partial charge in [-0.1, -0.05) is 53.0 Å². The van der Waals surface area contributed by atoms with Crippen molar-refractivity contribution in [3.8, 4) is 11.3 Å². The van der Waals surface area contributed by atoms with Gasteiger partial charge in [0.25, 0.3) is 0 Å². The molecule has 1 aromatic heterocycles. The van der Waals surface area contributed by atoms with Gasteiger partial charge in [-0.15, -0.1) is 0 Å². The first-order valence-corrected chi connectivity index (χ1v) is 12.4. The van der Waals surface area contributed by atoms with Gasteiger partial charge < -0.3 is 0 Å². The maximum absolute atomic E-state index is 6.18. The highest BCUT2D eigenvalue weighted by Crippen LogP contribution is 2.34. The van der Waals surface area contributed by atoms with Crippen LogP contribution in [0.25, 0.3) is 11.3 Å². The second kappa shape index (κ2) is 9.74. The molecule has 2 atom stereocenters. The first-order valence-electron chi connectivity index (χ1n) is 11.3. The topological polar surface area (TPSA) is 24.3 Å². The lowest BCUT2D eigenvalue weighted by Gasteiger charge is -2.38. The molecule has 168 valence electrons. The summed E-state index contributed by atoms with van der Waals surface area (Å²) in [6, 6.07) is 17.1. The molecule has 2 aromatic carbocycles. The summed E-state index contributed by atoms with van der Waals surface area (Å²) in [5, 5.41) is 6.79. The van der Waals surface area contributed by atoms with Crippen LogP contribution in [0.4, 0.5) is 0 Å². The van der Waals surface area contributed by atoms with E-state index in [2.05, 4.69) is 38.9 Å². The molecule has 7 heteroatoms. The molecule has 1 aliphatic carbocycles. The zero-order valence-electron chi connectivity index (χ0n) is 17.9. The lowest BCUT2D eigenvalue weighted by Crippen LogP contribution is -2.49. The summed E-state index contributed by atoms with van der Waals surface area (Å²) in [7, 11) is 0. The van der Waals surface area contributed by atoms with Gasteiger partial charge in [0.1, 0.15) is 0 Å². The van der Waals surface area contributed by atoms with Crippen molar-refractivity contribution < 1.29 is 0 Å². The molecule has 2 fully saturated rings. The van der Waals surface area contributed by atoms with E-state index in [-0.39, 0.29) is 0 Å². The van der Waals surface area contributed by atoms with Gasteiger partial charge in [-0.2, -0.15) is 5.10 Å². The molecule has 3 aromatic rings. The van der Waals surface area contributed by atoms with Crippen molar-refractivity contribution in [1.29, 1.82) is 0 Å². The van der Waals surface area contributed by atoms with Crippen LogP contribution in [0.2, 0.25) is 15.1 Å². The molecule has 0 N–H and O–H groups in total. The Hall–Kier alpha value is -1.56. The van der Waals surface area contributed by atoms with Gasteiger partial charge >= 0.3 is 0 Å². The van der Waals surface area contributed by atoms with Gasteiger partial charge in [-0.05, 0) is 55.2 Å². The molecular weight excluding hydrogens is 463 g/mol. The van der Waals surface area contributed by atoms with Crippen molar-refractivity contribution in [2.45, 2.75) is 37.9 Å². The average molecular weight is 490 g/mol. The first-order chi connectivity index (χ1) is 15.5. The molecule has 2 heterocycles. The lowest BCUT2D eigenvalue weighted by atomic mass is 10.1. The zero-order valence-corrected chi connectivity index (χ0v) is 20.2. The van der Waals surface area contributed by atoms with Crippen LogP contribution >= 0.6 is 34.8 Å². The van der Waals surface area contributed by atoms with E-state index in [1.54, 1.807) is 0 Å². The number of rotatable bonds is 5. The smallest absolute Gasteiger partial charge is 0.0923 e. The lowest BCUT2D eigenvalue weighted by molar-refractivity contribution is 0.0920. The van der Waals surface area contributed by atoms with Gasteiger partial charge in [0.05, 0.1) is 21.8 Å². The number of piperazine rings is 1. The predicted molar refractivity (Wildman–Crippen MR) is 133 cm³/mol. The van der Waals surface area contributed by atoms with Crippen LogP contribution in [0.1, 0.15) is 30.9 Å². The van der Waals surface area contributed by atoms with Crippen molar-refractivity contribution in [3.63, 3.8) is 0 Å². The molecule has 5 rings (SSSR count). The van der Waals surface area contributed by atoms with Crippen LogP contribution < -0.4 is 0 Å². The number of hydrogen-bond acceptors (Lipinski definition) is 3. The van der Waals surface area contributed by atoms with Crippen molar-refractivity contribution in [1.82, 2.24) is 19.6 Å². The van der Waals surface area contributed by atoms with E-state index in [9.17, 15) is 0 Å². The van der Waals surface area contributed by atoms with Crippen molar-refractivity contribution in [2.24, 2.45) is 0 Å². The Kier molecular flexibility index (Phi) is 6.77. The third-order valence-corrected chi connectivity index (χ3v) is 7.81. The zero-order chi connectivity index (χ0) is 22.1. The normalized spacial score (nSPS) is 22.5. The fraction of sp³-hybridized carbons (Fsp3) is 0.400. The number of benzene rings is 2. The van der Waals surface area contributed by atoms with E-state index in [0.29, 0.717) is 22.1 Å². The van der Waals surface area contributed by atoms with Gasteiger partial charge in [-0.3, -0.25) is 14.5 Å². The molecule has 32 heavy (non-hydrogen) atoms.